The molecule has 92 valence electrons. The molecule has 0 radical (unpaired) electrons. The summed E-state index contributed by atoms with van der Waals surface area (Å²) < 4.78 is 7.34. The van der Waals surface area contributed by atoms with E-state index in [1.807, 2.05) is 24.3 Å². The Morgan fingerprint density at radius 2 is 1.83 bits per heavy atom. The molecule has 0 saturated carbocycles. The van der Waals surface area contributed by atoms with E-state index in [1.165, 1.54) is 5.56 Å². The van der Waals surface area contributed by atoms with Crippen LogP contribution in [-0.2, 0) is 6.42 Å². The van der Waals surface area contributed by atoms with Crippen LogP contribution in [0.3, 0.4) is 0 Å². The third kappa shape index (κ3) is 2.42. The minimum absolute atomic E-state index is 0.202. The summed E-state index contributed by atoms with van der Waals surface area (Å²) in [5.41, 5.74) is 1.22. The first kappa shape index (κ1) is 12.1. The number of rotatable bonds is 1. The SMILES string of the molecule is Brc1cc(Br)nc(C2COc3ccccc3C2)n1. The van der Waals surface area contributed by atoms with Crippen molar-refractivity contribution in [3.63, 3.8) is 0 Å². The molecular formula is C13H10Br2N2O. The number of aromatic nitrogens is 2. The van der Waals surface area contributed by atoms with E-state index in [0.29, 0.717) is 6.61 Å². The second kappa shape index (κ2) is 4.97. The highest BCUT2D eigenvalue weighted by Gasteiger charge is 2.23. The van der Waals surface area contributed by atoms with E-state index >= 15 is 0 Å². The molecule has 1 aromatic heterocycles. The fraction of sp³-hybridized carbons (Fsp3) is 0.231. The van der Waals surface area contributed by atoms with E-state index < -0.39 is 0 Å². The molecule has 5 heteroatoms. The summed E-state index contributed by atoms with van der Waals surface area (Å²) in [5, 5.41) is 0. The third-order valence-electron chi connectivity index (χ3n) is 2.93. The molecular weight excluding hydrogens is 360 g/mol. The first-order valence-electron chi connectivity index (χ1n) is 5.63. The summed E-state index contributed by atoms with van der Waals surface area (Å²) in [4.78, 5) is 8.85. The van der Waals surface area contributed by atoms with Crippen molar-refractivity contribution in [3.05, 3.63) is 50.9 Å². The lowest BCUT2D eigenvalue weighted by Crippen LogP contribution is -2.21. The lowest BCUT2D eigenvalue weighted by Gasteiger charge is -2.24. The number of halogens is 2. The van der Waals surface area contributed by atoms with Crippen molar-refractivity contribution in [2.45, 2.75) is 12.3 Å². The summed E-state index contributed by atoms with van der Waals surface area (Å²) >= 11 is 6.78. The van der Waals surface area contributed by atoms with Crippen LogP contribution >= 0.6 is 31.9 Å². The molecule has 0 N–H and O–H groups in total. The number of para-hydroxylation sites is 1. The van der Waals surface area contributed by atoms with Crippen LogP contribution in [0.2, 0.25) is 0 Å². The lowest BCUT2D eigenvalue weighted by molar-refractivity contribution is 0.257. The number of hydrogen-bond acceptors (Lipinski definition) is 3. The van der Waals surface area contributed by atoms with Crippen molar-refractivity contribution >= 4 is 31.9 Å². The van der Waals surface area contributed by atoms with Gasteiger partial charge in [-0.3, -0.25) is 0 Å². The molecule has 1 aromatic carbocycles. The van der Waals surface area contributed by atoms with Gasteiger partial charge in [-0.2, -0.15) is 0 Å². The molecule has 18 heavy (non-hydrogen) atoms. The maximum atomic E-state index is 5.76. The Morgan fingerprint density at radius 3 is 2.61 bits per heavy atom. The largest absolute Gasteiger partial charge is 0.493 e. The number of benzene rings is 1. The van der Waals surface area contributed by atoms with Crippen molar-refractivity contribution in [1.82, 2.24) is 9.97 Å². The van der Waals surface area contributed by atoms with Crippen LogP contribution in [0.4, 0.5) is 0 Å². The zero-order chi connectivity index (χ0) is 12.5. The molecule has 0 aliphatic carbocycles. The fourth-order valence-electron chi connectivity index (χ4n) is 2.08. The highest BCUT2D eigenvalue weighted by atomic mass is 79.9. The first-order valence-corrected chi connectivity index (χ1v) is 7.21. The van der Waals surface area contributed by atoms with Crippen molar-refractivity contribution in [2.24, 2.45) is 0 Å². The molecule has 0 spiro atoms. The number of nitrogens with zero attached hydrogens (tertiary/aromatic N) is 2. The van der Waals surface area contributed by atoms with E-state index in [0.717, 1.165) is 27.2 Å². The highest BCUT2D eigenvalue weighted by Crippen LogP contribution is 2.31. The maximum Gasteiger partial charge on any atom is 0.137 e. The molecule has 0 saturated heterocycles. The predicted octanol–water partition coefficient (Wildman–Crippen LogP) is 3.72. The van der Waals surface area contributed by atoms with Gasteiger partial charge in [0.1, 0.15) is 20.8 Å². The Morgan fingerprint density at radius 1 is 1.11 bits per heavy atom. The van der Waals surface area contributed by atoms with Gasteiger partial charge in [0.05, 0.1) is 12.5 Å². The summed E-state index contributed by atoms with van der Waals surface area (Å²) in [6.07, 6.45) is 0.916. The first-order chi connectivity index (χ1) is 8.72. The van der Waals surface area contributed by atoms with E-state index in [9.17, 15) is 0 Å². The zero-order valence-corrected chi connectivity index (χ0v) is 12.6. The molecule has 3 rings (SSSR count). The third-order valence-corrected chi connectivity index (χ3v) is 3.74. The van der Waals surface area contributed by atoms with Gasteiger partial charge in [0.25, 0.3) is 0 Å². The maximum absolute atomic E-state index is 5.76. The quantitative estimate of drug-likeness (QED) is 0.718. The Kier molecular flexibility index (Phi) is 3.35. The van der Waals surface area contributed by atoms with Gasteiger partial charge in [-0.1, -0.05) is 18.2 Å². The van der Waals surface area contributed by atoms with Crippen LogP contribution in [0.5, 0.6) is 5.75 Å². The molecule has 2 aromatic rings. The molecule has 0 bridgehead atoms. The molecule has 2 heterocycles. The fourth-order valence-corrected chi connectivity index (χ4v) is 3.19. The van der Waals surface area contributed by atoms with Crippen molar-refractivity contribution in [1.29, 1.82) is 0 Å². The Labute approximate surface area is 122 Å². The van der Waals surface area contributed by atoms with Crippen LogP contribution in [0.25, 0.3) is 0 Å². The van der Waals surface area contributed by atoms with Crippen molar-refractivity contribution < 1.29 is 4.74 Å². The second-order valence-electron chi connectivity index (χ2n) is 4.19. The Hall–Kier alpha value is -0.940. The molecule has 1 unspecified atom stereocenters. The van der Waals surface area contributed by atoms with Gasteiger partial charge in [-0.05, 0) is 49.9 Å². The molecule has 3 nitrogen and oxygen atoms in total. The molecule has 1 aliphatic heterocycles. The van der Waals surface area contributed by atoms with Gasteiger partial charge in [0.15, 0.2) is 0 Å². The minimum atomic E-state index is 0.202. The molecule has 1 aliphatic rings. The smallest absolute Gasteiger partial charge is 0.137 e. The van der Waals surface area contributed by atoms with Crippen LogP contribution in [0, 0.1) is 0 Å². The van der Waals surface area contributed by atoms with Gasteiger partial charge in [-0.25, -0.2) is 9.97 Å². The van der Waals surface area contributed by atoms with E-state index in [-0.39, 0.29) is 5.92 Å². The molecule has 0 amide bonds. The van der Waals surface area contributed by atoms with Crippen LogP contribution in [0.1, 0.15) is 17.3 Å². The Bertz CT molecular complexity index is 569. The van der Waals surface area contributed by atoms with Crippen molar-refractivity contribution in [3.8, 4) is 5.75 Å². The average molecular weight is 370 g/mol. The summed E-state index contributed by atoms with van der Waals surface area (Å²) in [6, 6.07) is 9.95. The number of hydrogen-bond donors (Lipinski definition) is 0. The Balaban J connectivity index is 1.91. The summed E-state index contributed by atoms with van der Waals surface area (Å²) in [7, 11) is 0. The summed E-state index contributed by atoms with van der Waals surface area (Å²) in [6.45, 7) is 0.625. The average Bonchev–Trinajstić information content (AvgIpc) is 2.37. The van der Waals surface area contributed by atoms with E-state index in [4.69, 9.17) is 4.74 Å². The number of ether oxygens (including phenoxy) is 1. The molecule has 0 fully saturated rings. The van der Waals surface area contributed by atoms with Crippen molar-refractivity contribution in [2.75, 3.05) is 6.61 Å². The zero-order valence-electron chi connectivity index (χ0n) is 9.44. The topological polar surface area (TPSA) is 35.0 Å². The highest BCUT2D eigenvalue weighted by molar-refractivity contribution is 9.11. The lowest BCUT2D eigenvalue weighted by atomic mass is 9.96. The van der Waals surface area contributed by atoms with Gasteiger partial charge >= 0.3 is 0 Å². The van der Waals surface area contributed by atoms with Gasteiger partial charge in [-0.15, -0.1) is 0 Å². The standard InChI is InChI=1S/C13H10Br2N2O/c14-11-6-12(15)17-13(16-11)9-5-8-3-1-2-4-10(8)18-7-9/h1-4,6,9H,5,7H2. The molecule has 1 atom stereocenters. The monoisotopic (exact) mass is 368 g/mol. The second-order valence-corrected chi connectivity index (χ2v) is 5.82. The van der Waals surface area contributed by atoms with E-state index in [1.54, 1.807) is 0 Å². The number of fused-ring (bicyclic) bond motifs is 1. The van der Waals surface area contributed by atoms with Crippen LogP contribution in [-0.4, -0.2) is 16.6 Å². The van der Waals surface area contributed by atoms with Crippen LogP contribution < -0.4 is 4.74 Å². The van der Waals surface area contributed by atoms with E-state index in [2.05, 4.69) is 47.9 Å². The normalized spacial score (nSPS) is 18.0. The van der Waals surface area contributed by atoms with Gasteiger partial charge < -0.3 is 4.74 Å². The minimum Gasteiger partial charge on any atom is -0.493 e. The van der Waals surface area contributed by atoms with Crippen LogP contribution in [0.15, 0.2) is 39.5 Å². The predicted molar refractivity (Wildman–Crippen MR) is 75.8 cm³/mol. The summed E-state index contributed by atoms with van der Waals surface area (Å²) in [5.74, 6) is 1.99. The van der Waals surface area contributed by atoms with Gasteiger partial charge in [0.2, 0.25) is 0 Å². The van der Waals surface area contributed by atoms with Gasteiger partial charge in [0, 0.05) is 6.07 Å².